The Morgan fingerprint density at radius 3 is 2.56 bits per heavy atom. The molecule has 1 saturated heterocycles. The molecule has 3 fully saturated rings. The first-order chi connectivity index (χ1) is 18.8. The molecule has 11 heteroatoms. The first kappa shape index (κ1) is 26.3. The highest BCUT2D eigenvalue weighted by Crippen LogP contribution is 2.46. The minimum absolute atomic E-state index is 0.0669. The number of rotatable bonds is 6. The Hall–Kier alpha value is -2.91. The van der Waals surface area contributed by atoms with Gasteiger partial charge in [-0.25, -0.2) is 9.97 Å². The first-order valence-corrected chi connectivity index (χ1v) is 16.2. The van der Waals surface area contributed by atoms with E-state index < -0.39 is 16.1 Å². The van der Waals surface area contributed by atoms with E-state index in [0.717, 1.165) is 58.3 Å². The van der Waals surface area contributed by atoms with Gasteiger partial charge in [0.05, 0.1) is 28.8 Å². The van der Waals surface area contributed by atoms with Crippen LogP contribution in [0.5, 0.6) is 0 Å². The molecule has 3 aromatic rings. The molecule has 0 spiro atoms. The normalized spacial score (nSPS) is 24.5. The van der Waals surface area contributed by atoms with E-state index in [9.17, 15) is 19.2 Å². The number of anilines is 1. The van der Waals surface area contributed by atoms with Crippen molar-refractivity contribution in [3.05, 3.63) is 41.2 Å². The van der Waals surface area contributed by atoms with E-state index in [1.54, 1.807) is 6.20 Å². The Morgan fingerprint density at radius 2 is 1.92 bits per heavy atom. The van der Waals surface area contributed by atoms with E-state index in [1.807, 2.05) is 31.2 Å². The maximum Gasteiger partial charge on any atom is 0.238 e. The maximum atomic E-state index is 13.4. The lowest BCUT2D eigenvalue weighted by molar-refractivity contribution is -0.127. The summed E-state index contributed by atoms with van der Waals surface area (Å²) in [6, 6.07) is 10.4. The lowest BCUT2D eigenvalue weighted by atomic mass is 9.76. The van der Waals surface area contributed by atoms with Gasteiger partial charge in [0, 0.05) is 36.2 Å². The molecular weight excluding hydrogens is 534 g/mol. The number of aromatic nitrogens is 2. The molecule has 39 heavy (non-hydrogen) atoms. The number of carbonyl (C=O) groups is 1. The molecular formula is C28H33N5O4S2. The van der Waals surface area contributed by atoms with E-state index in [0.29, 0.717) is 43.3 Å². The second-order valence-corrected chi connectivity index (χ2v) is 14.6. The number of benzene rings is 1. The second-order valence-electron chi connectivity index (χ2n) is 10.9. The van der Waals surface area contributed by atoms with Gasteiger partial charge in [-0.2, -0.15) is 15.9 Å². The van der Waals surface area contributed by atoms with Crippen molar-refractivity contribution in [2.75, 3.05) is 29.5 Å². The van der Waals surface area contributed by atoms with Gasteiger partial charge in [0.2, 0.25) is 11.8 Å². The number of aryl methyl sites for hydroxylation is 1. The summed E-state index contributed by atoms with van der Waals surface area (Å²) in [5.74, 6) is 1.53. The zero-order chi connectivity index (χ0) is 27.2. The first-order valence-electron chi connectivity index (χ1n) is 13.5. The van der Waals surface area contributed by atoms with Crippen LogP contribution in [0, 0.1) is 24.2 Å². The summed E-state index contributed by atoms with van der Waals surface area (Å²) in [6.07, 6.45) is 6.72. The Balaban J connectivity index is 1.33. The molecule has 1 aliphatic heterocycles. The Morgan fingerprint density at radius 1 is 1.21 bits per heavy atom. The van der Waals surface area contributed by atoms with E-state index in [2.05, 4.69) is 21.3 Å². The van der Waals surface area contributed by atoms with Crippen LogP contribution < -0.4 is 10.2 Å². The molecule has 9 nitrogen and oxygen atoms in total. The standard InChI is InChI=1S/C28H33N5O4S2/c1-18-30-16-23(38-18)27-31-24(19-6-8-20(9-7-19)33-12-14-39(35,36)15-13-33)25(37-27)21-4-2-3-5-22(21)26(34)32-28(17-29)10-11-28/h6-9,16,21-22,35-36H,2-5,10-15H2,1H3,(H,32,34)/t21-,22-/m1/s1. The number of nitrogens with zero attached hydrogens (tertiary/aromatic N) is 4. The van der Waals surface area contributed by atoms with Gasteiger partial charge in [-0.1, -0.05) is 25.0 Å². The number of nitrogens with one attached hydrogen (secondary N) is 1. The smallest absolute Gasteiger partial charge is 0.238 e. The SMILES string of the molecule is Cc1ncc(-c2nc(-c3ccc(N4CCS(O)(O)CC4)cc3)c([C@@H]3CCCC[C@H]3C(=O)NC3(C#N)CC3)o2)s1. The van der Waals surface area contributed by atoms with Crippen LogP contribution in [0.25, 0.3) is 22.0 Å². The average Bonchev–Trinajstić information content (AvgIpc) is 3.35. The Bertz CT molecular complexity index is 1400. The van der Waals surface area contributed by atoms with Gasteiger partial charge >= 0.3 is 0 Å². The highest BCUT2D eigenvalue weighted by atomic mass is 32.3. The van der Waals surface area contributed by atoms with E-state index in [4.69, 9.17) is 9.40 Å². The number of thiazole rings is 1. The molecule has 0 unspecified atom stereocenters. The fourth-order valence-electron chi connectivity index (χ4n) is 5.65. The van der Waals surface area contributed by atoms with Crippen molar-refractivity contribution in [2.24, 2.45) is 5.92 Å². The number of carbonyl (C=O) groups excluding carboxylic acids is 1. The van der Waals surface area contributed by atoms with Crippen LogP contribution in [0.2, 0.25) is 0 Å². The Labute approximate surface area is 233 Å². The van der Waals surface area contributed by atoms with E-state index in [-0.39, 0.29) is 17.7 Å². The van der Waals surface area contributed by atoms with Crippen LogP contribution in [-0.2, 0) is 4.79 Å². The fraction of sp³-hybridized carbons (Fsp3) is 0.500. The summed E-state index contributed by atoms with van der Waals surface area (Å²) in [5.41, 5.74) is 1.97. The summed E-state index contributed by atoms with van der Waals surface area (Å²) in [6.45, 7) is 3.16. The van der Waals surface area contributed by atoms with Crippen molar-refractivity contribution in [2.45, 2.75) is 56.9 Å². The Kier molecular flexibility index (Phi) is 6.91. The number of hydrogen-bond acceptors (Lipinski definition) is 9. The lowest BCUT2D eigenvalue weighted by Gasteiger charge is -2.41. The molecule has 2 saturated carbocycles. The van der Waals surface area contributed by atoms with Gasteiger partial charge in [0.25, 0.3) is 0 Å². The van der Waals surface area contributed by atoms with Crippen LogP contribution in [0.1, 0.15) is 55.2 Å². The third kappa shape index (κ3) is 5.43. The minimum atomic E-state index is -2.46. The molecule has 2 aromatic heterocycles. The molecule has 3 heterocycles. The largest absolute Gasteiger partial charge is 0.439 e. The van der Waals surface area contributed by atoms with Gasteiger partial charge in [-0.05, 0) is 44.7 Å². The summed E-state index contributed by atoms with van der Waals surface area (Å²) < 4.78 is 26.4. The van der Waals surface area contributed by atoms with Crippen molar-refractivity contribution in [1.29, 1.82) is 5.26 Å². The monoisotopic (exact) mass is 567 g/mol. The van der Waals surface area contributed by atoms with Crippen LogP contribution >= 0.6 is 21.9 Å². The molecule has 2 aliphatic carbocycles. The predicted molar refractivity (Wildman–Crippen MR) is 153 cm³/mol. The number of hydrogen-bond donors (Lipinski definition) is 3. The zero-order valence-corrected chi connectivity index (χ0v) is 23.6. The molecule has 1 aromatic carbocycles. The van der Waals surface area contributed by atoms with Gasteiger partial charge in [-0.15, -0.1) is 11.3 Å². The average molecular weight is 568 g/mol. The quantitative estimate of drug-likeness (QED) is 0.341. The summed E-state index contributed by atoms with van der Waals surface area (Å²) >= 11 is 1.52. The van der Waals surface area contributed by atoms with Gasteiger partial charge in [0.15, 0.2) is 0 Å². The van der Waals surface area contributed by atoms with Gasteiger partial charge in [-0.3, -0.25) is 13.9 Å². The molecule has 206 valence electrons. The van der Waals surface area contributed by atoms with Crippen molar-refractivity contribution >= 4 is 33.5 Å². The van der Waals surface area contributed by atoms with Gasteiger partial charge in [0.1, 0.15) is 21.9 Å². The maximum absolute atomic E-state index is 13.4. The van der Waals surface area contributed by atoms with Crippen molar-refractivity contribution in [3.8, 4) is 28.1 Å². The molecule has 2 atom stereocenters. The number of amides is 1. The van der Waals surface area contributed by atoms with Crippen LogP contribution in [0.3, 0.4) is 0 Å². The van der Waals surface area contributed by atoms with Crippen molar-refractivity contribution < 1.29 is 18.3 Å². The van der Waals surface area contributed by atoms with Crippen molar-refractivity contribution in [1.82, 2.24) is 15.3 Å². The highest BCUT2D eigenvalue weighted by molar-refractivity contribution is 8.24. The van der Waals surface area contributed by atoms with E-state index in [1.165, 1.54) is 11.3 Å². The topological polar surface area (TPSA) is 136 Å². The van der Waals surface area contributed by atoms with Crippen LogP contribution in [0.15, 0.2) is 34.9 Å². The number of oxazole rings is 1. The van der Waals surface area contributed by atoms with Gasteiger partial charge < -0.3 is 14.6 Å². The third-order valence-electron chi connectivity index (χ3n) is 8.13. The second kappa shape index (κ2) is 10.2. The van der Waals surface area contributed by atoms with Crippen LogP contribution in [-0.4, -0.2) is 55.1 Å². The predicted octanol–water partition coefficient (Wildman–Crippen LogP) is 5.79. The molecule has 6 rings (SSSR count). The van der Waals surface area contributed by atoms with E-state index >= 15 is 0 Å². The summed E-state index contributed by atoms with van der Waals surface area (Å²) in [5, 5.41) is 13.5. The molecule has 3 aliphatic rings. The van der Waals surface area contributed by atoms with Crippen LogP contribution in [0.4, 0.5) is 5.69 Å². The lowest BCUT2D eigenvalue weighted by Crippen LogP contribution is -2.42. The molecule has 0 radical (unpaired) electrons. The number of nitriles is 1. The summed E-state index contributed by atoms with van der Waals surface area (Å²) in [7, 11) is -2.46. The fourth-order valence-corrected chi connectivity index (χ4v) is 7.58. The molecule has 1 amide bonds. The van der Waals surface area contributed by atoms with Crippen molar-refractivity contribution in [3.63, 3.8) is 0 Å². The molecule has 3 N–H and O–H groups in total. The zero-order valence-electron chi connectivity index (χ0n) is 21.9. The minimum Gasteiger partial charge on any atom is -0.439 e. The molecule has 0 bridgehead atoms. The summed E-state index contributed by atoms with van der Waals surface area (Å²) in [4.78, 5) is 25.8. The highest BCUT2D eigenvalue weighted by Gasteiger charge is 2.47. The third-order valence-corrected chi connectivity index (χ3v) is 10.7.